The Balaban J connectivity index is 1.83. The lowest BCUT2D eigenvalue weighted by molar-refractivity contribution is -0.120. The molecule has 2 aromatic carbocycles. The van der Waals surface area contributed by atoms with Gasteiger partial charge < -0.3 is 5.32 Å². The van der Waals surface area contributed by atoms with Crippen molar-refractivity contribution in [2.75, 3.05) is 6.54 Å². The van der Waals surface area contributed by atoms with E-state index in [0.29, 0.717) is 12.5 Å². The molecule has 0 unspecified atom stereocenters. The summed E-state index contributed by atoms with van der Waals surface area (Å²) in [5, 5.41) is 3.09. The maximum Gasteiger partial charge on any atom is 0.224 e. The summed E-state index contributed by atoms with van der Waals surface area (Å²) in [5.74, 6) is -0.165. The predicted molar refractivity (Wildman–Crippen MR) is 92.4 cm³/mol. The number of carbonyl (C=O) groups excluding carboxylic acids is 1. The molecule has 0 heterocycles. The molecule has 1 amide bonds. The van der Waals surface area contributed by atoms with Gasteiger partial charge >= 0.3 is 0 Å². The Kier molecular flexibility index (Phi) is 6.17. The van der Waals surface area contributed by atoms with Crippen molar-refractivity contribution in [2.45, 2.75) is 32.6 Å². The third kappa shape index (κ3) is 5.07. The van der Waals surface area contributed by atoms with Gasteiger partial charge in [0.1, 0.15) is 5.82 Å². The molecule has 1 N–H and O–H groups in total. The lowest BCUT2D eigenvalue weighted by atomic mass is 10.0. The van der Waals surface area contributed by atoms with Crippen molar-refractivity contribution in [1.82, 2.24) is 5.32 Å². The van der Waals surface area contributed by atoms with Crippen molar-refractivity contribution in [3.63, 3.8) is 0 Å². The number of carbonyl (C=O) groups is 1. The zero-order chi connectivity index (χ0) is 16.8. The third-order valence-corrected chi connectivity index (χ3v) is 4.14. The topological polar surface area (TPSA) is 29.1 Å². The van der Waals surface area contributed by atoms with E-state index in [1.165, 1.54) is 23.3 Å². The molecule has 0 fully saturated rings. The minimum absolute atomic E-state index is 0.0439. The fraction of sp³-hybridized carbons (Fsp3) is 0.316. The summed E-state index contributed by atoms with van der Waals surface area (Å²) < 4.78 is 13.6. The van der Waals surface area contributed by atoms with E-state index in [0.717, 1.165) is 6.42 Å². The fourth-order valence-corrected chi connectivity index (χ4v) is 2.57. The van der Waals surface area contributed by atoms with Gasteiger partial charge in [-0.1, -0.05) is 55.8 Å². The SMILES string of the molecule is CC(C)c1ccc(CCNC(=O)Cc2c(F)cccc2Cl)cc1. The maximum absolute atomic E-state index is 13.6. The van der Waals surface area contributed by atoms with Gasteiger partial charge in [-0.3, -0.25) is 4.79 Å². The Morgan fingerprint density at radius 1 is 1.17 bits per heavy atom. The highest BCUT2D eigenvalue weighted by Gasteiger charge is 2.11. The molecule has 2 aromatic rings. The van der Waals surface area contributed by atoms with Crippen molar-refractivity contribution in [3.8, 4) is 0 Å². The number of benzene rings is 2. The average molecular weight is 334 g/mol. The third-order valence-electron chi connectivity index (χ3n) is 3.78. The van der Waals surface area contributed by atoms with Crippen molar-refractivity contribution in [1.29, 1.82) is 0 Å². The molecule has 2 rings (SSSR count). The standard InChI is InChI=1S/C19H21ClFNO/c1-13(2)15-8-6-14(7-9-15)10-11-22-19(23)12-16-17(20)4-3-5-18(16)21/h3-9,13H,10-12H2,1-2H3,(H,22,23). The Morgan fingerprint density at radius 2 is 1.87 bits per heavy atom. The second kappa shape index (κ2) is 8.11. The number of hydrogen-bond donors (Lipinski definition) is 1. The van der Waals surface area contributed by atoms with Crippen molar-refractivity contribution in [2.24, 2.45) is 0 Å². The van der Waals surface area contributed by atoms with E-state index in [4.69, 9.17) is 11.6 Å². The first kappa shape index (κ1) is 17.5. The summed E-state index contributed by atoms with van der Waals surface area (Å²) in [6, 6.07) is 12.8. The molecular weight excluding hydrogens is 313 g/mol. The molecule has 0 radical (unpaired) electrons. The molecule has 0 bridgehead atoms. The first-order valence-electron chi connectivity index (χ1n) is 7.76. The molecule has 0 aliphatic heterocycles. The Morgan fingerprint density at radius 3 is 2.48 bits per heavy atom. The van der Waals surface area contributed by atoms with Gasteiger partial charge in [-0.25, -0.2) is 4.39 Å². The number of hydrogen-bond acceptors (Lipinski definition) is 1. The second-order valence-electron chi connectivity index (χ2n) is 5.87. The molecule has 0 aliphatic carbocycles. The van der Waals surface area contributed by atoms with Crippen LogP contribution in [0.3, 0.4) is 0 Å². The summed E-state index contributed by atoms with van der Waals surface area (Å²) in [6.07, 6.45) is 0.701. The molecule has 0 spiro atoms. The van der Waals surface area contributed by atoms with Crippen LogP contribution < -0.4 is 5.32 Å². The Labute approximate surface area is 141 Å². The van der Waals surface area contributed by atoms with Gasteiger partial charge in [-0.2, -0.15) is 0 Å². The quantitative estimate of drug-likeness (QED) is 0.828. The number of halogens is 2. The van der Waals surface area contributed by atoms with Gasteiger partial charge in [0.25, 0.3) is 0 Å². The zero-order valence-corrected chi connectivity index (χ0v) is 14.2. The average Bonchev–Trinajstić information content (AvgIpc) is 2.51. The molecule has 0 atom stereocenters. The molecule has 0 saturated heterocycles. The molecular formula is C19H21ClFNO. The van der Waals surface area contributed by atoms with Crippen LogP contribution >= 0.6 is 11.6 Å². The molecule has 122 valence electrons. The van der Waals surface area contributed by atoms with Gasteiger partial charge in [0.15, 0.2) is 0 Å². The summed E-state index contributed by atoms with van der Waals surface area (Å²) in [6.45, 7) is 4.83. The molecule has 0 aromatic heterocycles. The molecule has 0 saturated carbocycles. The number of nitrogens with one attached hydrogen (secondary N) is 1. The first-order chi connectivity index (χ1) is 11.0. The van der Waals surface area contributed by atoms with E-state index in [-0.39, 0.29) is 22.9 Å². The minimum Gasteiger partial charge on any atom is -0.355 e. The molecule has 0 aliphatic rings. The number of amides is 1. The van der Waals surface area contributed by atoms with Crippen LogP contribution in [0.5, 0.6) is 0 Å². The van der Waals surface area contributed by atoms with Crippen molar-refractivity contribution >= 4 is 17.5 Å². The monoisotopic (exact) mass is 333 g/mol. The predicted octanol–water partition coefficient (Wildman–Crippen LogP) is 4.50. The lowest BCUT2D eigenvalue weighted by Crippen LogP contribution is -2.27. The second-order valence-corrected chi connectivity index (χ2v) is 6.28. The molecule has 23 heavy (non-hydrogen) atoms. The molecule has 2 nitrogen and oxygen atoms in total. The van der Waals surface area contributed by atoms with Crippen LogP contribution in [0.2, 0.25) is 5.02 Å². The van der Waals surface area contributed by atoms with Crippen molar-refractivity contribution < 1.29 is 9.18 Å². The molecule has 4 heteroatoms. The number of rotatable bonds is 6. The first-order valence-corrected chi connectivity index (χ1v) is 8.13. The fourth-order valence-electron chi connectivity index (χ4n) is 2.34. The van der Waals surface area contributed by atoms with Crippen LogP contribution in [0.25, 0.3) is 0 Å². The van der Waals surface area contributed by atoms with Crippen LogP contribution in [-0.4, -0.2) is 12.5 Å². The van der Waals surface area contributed by atoms with Crippen LogP contribution in [0.1, 0.15) is 36.5 Å². The van der Waals surface area contributed by atoms with E-state index < -0.39 is 5.82 Å². The highest BCUT2D eigenvalue weighted by molar-refractivity contribution is 6.31. The van der Waals surface area contributed by atoms with E-state index in [1.54, 1.807) is 6.07 Å². The van der Waals surface area contributed by atoms with Gasteiger partial charge in [-0.05, 0) is 35.6 Å². The zero-order valence-electron chi connectivity index (χ0n) is 13.4. The van der Waals surface area contributed by atoms with E-state index >= 15 is 0 Å². The maximum atomic E-state index is 13.6. The normalized spacial score (nSPS) is 10.8. The van der Waals surface area contributed by atoms with Crippen molar-refractivity contribution in [3.05, 3.63) is 70.0 Å². The minimum atomic E-state index is -0.447. The summed E-state index contributed by atoms with van der Waals surface area (Å²) >= 11 is 5.92. The summed E-state index contributed by atoms with van der Waals surface area (Å²) in [4.78, 5) is 11.9. The van der Waals surface area contributed by atoms with Crippen LogP contribution in [-0.2, 0) is 17.6 Å². The lowest BCUT2D eigenvalue weighted by Gasteiger charge is -2.09. The van der Waals surface area contributed by atoms with Crippen LogP contribution in [0, 0.1) is 5.82 Å². The van der Waals surface area contributed by atoms with Gasteiger partial charge in [0.05, 0.1) is 6.42 Å². The van der Waals surface area contributed by atoms with Crippen LogP contribution in [0.15, 0.2) is 42.5 Å². The van der Waals surface area contributed by atoms with Gasteiger partial charge in [-0.15, -0.1) is 0 Å². The van der Waals surface area contributed by atoms with E-state index in [2.05, 4.69) is 43.4 Å². The van der Waals surface area contributed by atoms with Gasteiger partial charge in [0.2, 0.25) is 5.91 Å². The highest BCUT2D eigenvalue weighted by Crippen LogP contribution is 2.19. The van der Waals surface area contributed by atoms with Gasteiger partial charge in [0, 0.05) is 17.1 Å². The Bertz CT molecular complexity index is 647. The highest BCUT2D eigenvalue weighted by atomic mass is 35.5. The van der Waals surface area contributed by atoms with Crippen LogP contribution in [0.4, 0.5) is 4.39 Å². The Hall–Kier alpha value is -1.87. The van der Waals surface area contributed by atoms with E-state index in [9.17, 15) is 9.18 Å². The smallest absolute Gasteiger partial charge is 0.224 e. The largest absolute Gasteiger partial charge is 0.355 e. The van der Waals surface area contributed by atoms with E-state index in [1.807, 2.05) is 0 Å². The summed E-state index contributed by atoms with van der Waals surface area (Å²) in [7, 11) is 0. The summed E-state index contributed by atoms with van der Waals surface area (Å²) in [5.41, 5.74) is 2.71.